The zero-order valence-corrected chi connectivity index (χ0v) is 11.8. The molecule has 0 atom stereocenters. The largest absolute Gasteiger partial charge is 0.240 e. The molecule has 0 aliphatic carbocycles. The van der Waals surface area contributed by atoms with Crippen molar-refractivity contribution in [3.8, 4) is 17.3 Å². The lowest BCUT2D eigenvalue weighted by atomic mass is 10.1. The molecule has 0 aliphatic rings. The van der Waals surface area contributed by atoms with Crippen LogP contribution in [-0.4, -0.2) is 4.98 Å². The standard InChI is InChI=1S/C13H11BrN2S/c1-2-11-13(16-12(17-11)7-8-15)9-3-5-10(14)6-4-9/h3-6H,2,7H2,1H3. The Balaban J connectivity index is 2.43. The van der Waals surface area contributed by atoms with Crippen LogP contribution >= 0.6 is 27.3 Å². The van der Waals surface area contributed by atoms with Crippen LogP contribution in [0.2, 0.25) is 0 Å². The van der Waals surface area contributed by atoms with Crippen molar-refractivity contribution in [1.29, 1.82) is 5.26 Å². The number of halogens is 1. The zero-order valence-electron chi connectivity index (χ0n) is 9.40. The van der Waals surface area contributed by atoms with Gasteiger partial charge >= 0.3 is 0 Å². The molecule has 0 spiro atoms. The average molecular weight is 307 g/mol. The van der Waals surface area contributed by atoms with E-state index >= 15 is 0 Å². The third-order valence-corrected chi connectivity index (χ3v) is 4.14. The Bertz CT molecular complexity index is 552. The van der Waals surface area contributed by atoms with Crippen LogP contribution < -0.4 is 0 Å². The number of rotatable bonds is 3. The first kappa shape index (κ1) is 12.3. The van der Waals surface area contributed by atoms with Gasteiger partial charge in [-0.1, -0.05) is 35.0 Å². The van der Waals surface area contributed by atoms with Crippen molar-refractivity contribution in [3.05, 3.63) is 38.6 Å². The van der Waals surface area contributed by atoms with E-state index in [1.807, 2.05) is 12.1 Å². The van der Waals surface area contributed by atoms with Gasteiger partial charge < -0.3 is 0 Å². The molecular formula is C13H11BrN2S. The Labute approximate surface area is 113 Å². The van der Waals surface area contributed by atoms with E-state index in [1.54, 1.807) is 11.3 Å². The van der Waals surface area contributed by atoms with Crippen molar-refractivity contribution in [2.75, 3.05) is 0 Å². The van der Waals surface area contributed by atoms with E-state index in [2.05, 4.69) is 46.0 Å². The Morgan fingerprint density at radius 3 is 2.65 bits per heavy atom. The third kappa shape index (κ3) is 2.74. The third-order valence-electron chi connectivity index (χ3n) is 2.41. The van der Waals surface area contributed by atoms with Crippen LogP contribution in [0.1, 0.15) is 16.8 Å². The summed E-state index contributed by atoms with van der Waals surface area (Å²) in [7, 11) is 0. The second-order valence-corrected chi connectivity index (χ2v) is 5.66. The molecule has 1 heterocycles. The lowest BCUT2D eigenvalue weighted by Crippen LogP contribution is -1.84. The molecule has 1 aromatic heterocycles. The van der Waals surface area contributed by atoms with E-state index in [-0.39, 0.29) is 0 Å². The van der Waals surface area contributed by atoms with Gasteiger partial charge in [-0.15, -0.1) is 11.3 Å². The minimum absolute atomic E-state index is 0.397. The number of aryl methyl sites for hydroxylation is 1. The maximum atomic E-state index is 8.71. The van der Waals surface area contributed by atoms with Crippen LogP contribution in [0.25, 0.3) is 11.3 Å². The minimum atomic E-state index is 0.397. The summed E-state index contributed by atoms with van der Waals surface area (Å²) >= 11 is 5.06. The highest BCUT2D eigenvalue weighted by Crippen LogP contribution is 2.29. The highest BCUT2D eigenvalue weighted by Gasteiger charge is 2.11. The van der Waals surface area contributed by atoms with Crippen molar-refractivity contribution in [1.82, 2.24) is 4.98 Å². The van der Waals surface area contributed by atoms with Crippen molar-refractivity contribution >= 4 is 27.3 Å². The fourth-order valence-corrected chi connectivity index (χ4v) is 2.84. The quantitative estimate of drug-likeness (QED) is 0.852. The van der Waals surface area contributed by atoms with Gasteiger partial charge in [0.2, 0.25) is 0 Å². The maximum Gasteiger partial charge on any atom is 0.108 e. The Morgan fingerprint density at radius 1 is 1.35 bits per heavy atom. The summed E-state index contributed by atoms with van der Waals surface area (Å²) in [4.78, 5) is 5.80. The SMILES string of the molecule is CCc1sc(CC#N)nc1-c1ccc(Br)cc1. The van der Waals surface area contributed by atoms with Gasteiger partial charge in [0, 0.05) is 14.9 Å². The number of benzene rings is 1. The van der Waals surface area contributed by atoms with Gasteiger partial charge in [0.15, 0.2) is 0 Å². The molecule has 0 saturated carbocycles. The molecule has 2 nitrogen and oxygen atoms in total. The fraction of sp³-hybridized carbons (Fsp3) is 0.231. The van der Waals surface area contributed by atoms with Crippen molar-refractivity contribution in [2.24, 2.45) is 0 Å². The molecule has 0 fully saturated rings. The molecule has 0 amide bonds. The molecule has 2 rings (SSSR count). The Morgan fingerprint density at radius 2 is 2.06 bits per heavy atom. The van der Waals surface area contributed by atoms with E-state index < -0.39 is 0 Å². The van der Waals surface area contributed by atoms with E-state index in [1.165, 1.54) is 4.88 Å². The van der Waals surface area contributed by atoms with E-state index in [9.17, 15) is 0 Å². The number of nitrogens with zero attached hydrogens (tertiary/aromatic N) is 2. The molecule has 0 bridgehead atoms. The minimum Gasteiger partial charge on any atom is -0.240 e. The number of aromatic nitrogens is 1. The van der Waals surface area contributed by atoms with Crippen molar-refractivity contribution in [3.63, 3.8) is 0 Å². The Kier molecular flexibility index (Phi) is 3.93. The summed E-state index contributed by atoms with van der Waals surface area (Å²) in [5.74, 6) is 0. The molecule has 1 aromatic carbocycles. The van der Waals surface area contributed by atoms with Crippen LogP contribution in [-0.2, 0) is 12.8 Å². The molecule has 2 aromatic rings. The summed E-state index contributed by atoms with van der Waals surface area (Å²) in [6.07, 6.45) is 1.35. The van der Waals surface area contributed by atoms with Gasteiger partial charge in [0.05, 0.1) is 18.2 Å². The molecule has 0 unspecified atom stereocenters. The van der Waals surface area contributed by atoms with Crippen LogP contribution in [0.5, 0.6) is 0 Å². The first-order valence-electron chi connectivity index (χ1n) is 5.36. The lowest BCUT2D eigenvalue weighted by Gasteiger charge is -2.00. The molecule has 17 heavy (non-hydrogen) atoms. The molecule has 0 saturated heterocycles. The predicted molar refractivity (Wildman–Crippen MR) is 73.9 cm³/mol. The first-order valence-corrected chi connectivity index (χ1v) is 6.97. The normalized spacial score (nSPS) is 10.2. The van der Waals surface area contributed by atoms with Gasteiger partial charge in [0.25, 0.3) is 0 Å². The van der Waals surface area contributed by atoms with Crippen LogP contribution in [0.4, 0.5) is 0 Å². The second-order valence-electron chi connectivity index (χ2n) is 3.57. The van der Waals surface area contributed by atoms with Crippen molar-refractivity contribution < 1.29 is 0 Å². The smallest absolute Gasteiger partial charge is 0.108 e. The molecule has 0 N–H and O–H groups in total. The molecule has 0 aliphatic heterocycles. The molecular weight excluding hydrogens is 296 g/mol. The number of thiazole rings is 1. The van der Waals surface area contributed by atoms with Crippen LogP contribution in [0.15, 0.2) is 28.7 Å². The predicted octanol–water partition coefficient (Wildman–Crippen LogP) is 4.20. The monoisotopic (exact) mass is 306 g/mol. The maximum absolute atomic E-state index is 8.71. The zero-order chi connectivity index (χ0) is 12.3. The summed E-state index contributed by atoms with van der Waals surface area (Å²) in [6, 6.07) is 10.3. The van der Waals surface area contributed by atoms with Gasteiger partial charge in [-0.3, -0.25) is 0 Å². The van der Waals surface area contributed by atoms with E-state index in [0.29, 0.717) is 6.42 Å². The second kappa shape index (κ2) is 5.44. The summed E-state index contributed by atoms with van der Waals surface area (Å²) in [6.45, 7) is 2.12. The highest BCUT2D eigenvalue weighted by molar-refractivity contribution is 9.10. The van der Waals surface area contributed by atoms with E-state index in [4.69, 9.17) is 5.26 Å². The van der Waals surface area contributed by atoms with Gasteiger partial charge in [0.1, 0.15) is 5.01 Å². The van der Waals surface area contributed by atoms with Gasteiger partial charge in [-0.05, 0) is 18.6 Å². The van der Waals surface area contributed by atoms with Crippen LogP contribution in [0, 0.1) is 11.3 Å². The fourth-order valence-electron chi connectivity index (χ4n) is 1.62. The number of nitriles is 1. The molecule has 4 heteroatoms. The summed E-state index contributed by atoms with van der Waals surface area (Å²) in [5, 5.41) is 9.61. The number of hydrogen-bond acceptors (Lipinski definition) is 3. The average Bonchev–Trinajstić information content (AvgIpc) is 2.74. The van der Waals surface area contributed by atoms with Gasteiger partial charge in [-0.2, -0.15) is 5.26 Å². The Hall–Kier alpha value is -1.18. The van der Waals surface area contributed by atoms with Crippen molar-refractivity contribution in [2.45, 2.75) is 19.8 Å². The summed E-state index contributed by atoms with van der Waals surface area (Å²) in [5.41, 5.74) is 2.14. The first-order chi connectivity index (χ1) is 8.24. The highest BCUT2D eigenvalue weighted by atomic mass is 79.9. The summed E-state index contributed by atoms with van der Waals surface area (Å²) < 4.78 is 1.06. The van der Waals surface area contributed by atoms with E-state index in [0.717, 1.165) is 27.2 Å². The van der Waals surface area contributed by atoms with Gasteiger partial charge in [-0.25, -0.2) is 4.98 Å². The van der Waals surface area contributed by atoms with Crippen LogP contribution in [0.3, 0.4) is 0 Å². The lowest BCUT2D eigenvalue weighted by molar-refractivity contribution is 1.15. The molecule has 0 radical (unpaired) electrons. The molecule has 86 valence electrons. The topological polar surface area (TPSA) is 36.7 Å². The number of hydrogen-bond donors (Lipinski definition) is 0.